The van der Waals surface area contributed by atoms with Crippen molar-refractivity contribution in [2.24, 2.45) is 0 Å². The van der Waals surface area contributed by atoms with Gasteiger partial charge in [-0.2, -0.15) is 0 Å². The van der Waals surface area contributed by atoms with E-state index in [2.05, 4.69) is 10.3 Å². The van der Waals surface area contributed by atoms with Gasteiger partial charge < -0.3 is 9.88 Å². The highest BCUT2D eigenvalue weighted by atomic mass is 127. The number of carbonyl (C=O) groups is 1. The van der Waals surface area contributed by atoms with Gasteiger partial charge in [0.1, 0.15) is 18.2 Å². The normalized spacial score (nSPS) is 11.3. The van der Waals surface area contributed by atoms with Crippen molar-refractivity contribution in [3.05, 3.63) is 27.3 Å². The Morgan fingerprint density at radius 2 is 2.25 bits per heavy atom. The summed E-state index contributed by atoms with van der Waals surface area (Å²) in [5.74, 6) is 0.248. The lowest BCUT2D eigenvalue weighted by molar-refractivity contribution is -0.122. The van der Waals surface area contributed by atoms with Gasteiger partial charge in [-0.3, -0.25) is 4.79 Å². The van der Waals surface area contributed by atoms with Crippen LogP contribution in [-0.4, -0.2) is 21.5 Å². The Labute approximate surface area is 134 Å². The Balaban J connectivity index is 2.45. The van der Waals surface area contributed by atoms with E-state index in [0.29, 0.717) is 20.4 Å². The fourth-order valence-electron chi connectivity index (χ4n) is 1.96. The number of rotatable bonds is 4. The molecule has 2 aromatic rings. The van der Waals surface area contributed by atoms with Crippen molar-refractivity contribution >= 4 is 51.1 Å². The quantitative estimate of drug-likeness (QED) is 0.623. The highest BCUT2D eigenvalue weighted by Crippen LogP contribution is 2.22. The average molecular weight is 410 g/mol. The number of imidazole rings is 1. The van der Waals surface area contributed by atoms with E-state index in [-0.39, 0.29) is 30.2 Å². The Morgan fingerprint density at radius 3 is 2.85 bits per heavy atom. The molecule has 1 aromatic carbocycles. The van der Waals surface area contributed by atoms with E-state index in [4.69, 9.17) is 11.6 Å². The molecule has 108 valence electrons. The molecular weight excluding hydrogens is 396 g/mol. The summed E-state index contributed by atoms with van der Waals surface area (Å²) in [5.41, 5.74) is 1.22. The largest absolute Gasteiger partial charge is 0.352 e. The number of nitrogens with one attached hydrogen (secondary N) is 1. The maximum atomic E-state index is 13.7. The zero-order valence-corrected chi connectivity index (χ0v) is 14.0. The second-order valence-corrected chi connectivity index (χ2v) is 6.15. The number of benzene rings is 1. The van der Waals surface area contributed by atoms with E-state index in [1.54, 1.807) is 10.6 Å². The minimum absolute atomic E-state index is 0.0504. The molecule has 0 saturated heterocycles. The molecule has 1 N–H and O–H groups in total. The number of halogens is 3. The molecule has 0 aliphatic carbocycles. The molecule has 0 spiro atoms. The van der Waals surface area contributed by atoms with Crippen LogP contribution < -0.4 is 5.32 Å². The summed E-state index contributed by atoms with van der Waals surface area (Å²) in [6.45, 7) is 3.85. The molecule has 0 radical (unpaired) electrons. The van der Waals surface area contributed by atoms with Crippen molar-refractivity contribution in [3.63, 3.8) is 0 Å². The molecule has 4 nitrogen and oxygen atoms in total. The molecule has 1 heterocycles. The van der Waals surface area contributed by atoms with E-state index in [9.17, 15) is 9.18 Å². The number of hydrogen-bond acceptors (Lipinski definition) is 2. The highest BCUT2D eigenvalue weighted by molar-refractivity contribution is 14.1. The van der Waals surface area contributed by atoms with Gasteiger partial charge in [-0.25, -0.2) is 9.37 Å². The number of fused-ring (bicyclic) bond motifs is 1. The molecule has 0 unspecified atom stereocenters. The Morgan fingerprint density at radius 1 is 1.55 bits per heavy atom. The monoisotopic (exact) mass is 409 g/mol. The average Bonchev–Trinajstić information content (AvgIpc) is 2.67. The third-order valence-corrected chi connectivity index (χ3v) is 3.81. The summed E-state index contributed by atoms with van der Waals surface area (Å²) in [6.07, 6.45) is 0. The van der Waals surface area contributed by atoms with Crippen LogP contribution >= 0.6 is 34.2 Å². The van der Waals surface area contributed by atoms with Crippen LogP contribution in [0, 0.1) is 9.39 Å². The molecule has 0 bridgehead atoms. The van der Waals surface area contributed by atoms with Crippen LogP contribution in [0.1, 0.15) is 19.7 Å². The van der Waals surface area contributed by atoms with Gasteiger partial charge in [-0.15, -0.1) is 11.6 Å². The molecule has 0 aliphatic rings. The summed E-state index contributed by atoms with van der Waals surface area (Å²) in [7, 11) is 0. The predicted octanol–water partition coefficient (Wildman–Crippen LogP) is 3.04. The number of carbonyl (C=O) groups excluding carboxylic acids is 1. The zero-order valence-electron chi connectivity index (χ0n) is 11.1. The molecule has 2 rings (SSSR count). The first-order chi connectivity index (χ1) is 9.42. The van der Waals surface area contributed by atoms with Gasteiger partial charge >= 0.3 is 0 Å². The summed E-state index contributed by atoms with van der Waals surface area (Å²) >= 11 is 7.77. The first kappa shape index (κ1) is 15.5. The maximum absolute atomic E-state index is 13.7. The van der Waals surface area contributed by atoms with Gasteiger partial charge in [0, 0.05) is 12.1 Å². The van der Waals surface area contributed by atoms with Crippen molar-refractivity contribution in [2.75, 3.05) is 0 Å². The first-order valence-electron chi connectivity index (χ1n) is 6.12. The van der Waals surface area contributed by atoms with E-state index in [1.807, 2.05) is 36.4 Å². The molecule has 20 heavy (non-hydrogen) atoms. The van der Waals surface area contributed by atoms with Gasteiger partial charge in [-0.1, -0.05) is 0 Å². The van der Waals surface area contributed by atoms with Crippen LogP contribution in [0.25, 0.3) is 11.0 Å². The number of alkyl halides is 1. The molecule has 7 heteroatoms. The van der Waals surface area contributed by atoms with Crippen LogP contribution in [0.2, 0.25) is 0 Å². The summed E-state index contributed by atoms with van der Waals surface area (Å²) in [5, 5.41) is 2.80. The van der Waals surface area contributed by atoms with Gasteiger partial charge in [0.05, 0.1) is 20.5 Å². The first-order valence-corrected chi connectivity index (χ1v) is 7.73. The van der Waals surface area contributed by atoms with Crippen LogP contribution in [0.15, 0.2) is 12.1 Å². The molecule has 0 aliphatic heterocycles. The number of amides is 1. The molecule has 0 fully saturated rings. The lowest BCUT2D eigenvalue weighted by Crippen LogP contribution is -2.33. The third kappa shape index (κ3) is 3.22. The maximum Gasteiger partial charge on any atom is 0.240 e. The molecular formula is C13H14ClFIN3O. The second-order valence-electron chi connectivity index (χ2n) is 4.73. The van der Waals surface area contributed by atoms with Gasteiger partial charge in [0.15, 0.2) is 0 Å². The van der Waals surface area contributed by atoms with Crippen molar-refractivity contribution < 1.29 is 9.18 Å². The SMILES string of the molecule is CC(C)NC(=O)Cn1c(CCl)nc2cc(I)c(F)cc21. The molecule has 1 aromatic heterocycles. The Hall–Kier alpha value is -0.890. The molecule has 1 amide bonds. The lowest BCUT2D eigenvalue weighted by atomic mass is 10.3. The summed E-state index contributed by atoms with van der Waals surface area (Å²) in [6, 6.07) is 3.09. The second kappa shape index (κ2) is 6.26. The van der Waals surface area contributed by atoms with Crippen molar-refractivity contribution in [3.8, 4) is 0 Å². The van der Waals surface area contributed by atoms with Gasteiger partial charge in [0.2, 0.25) is 5.91 Å². The third-order valence-electron chi connectivity index (χ3n) is 2.74. The zero-order chi connectivity index (χ0) is 14.9. The Bertz CT molecular complexity index is 657. The topological polar surface area (TPSA) is 46.9 Å². The van der Waals surface area contributed by atoms with E-state index in [0.717, 1.165) is 0 Å². The van der Waals surface area contributed by atoms with Crippen LogP contribution in [0.4, 0.5) is 4.39 Å². The summed E-state index contributed by atoms with van der Waals surface area (Å²) < 4.78 is 15.9. The fourth-order valence-corrected chi connectivity index (χ4v) is 2.61. The summed E-state index contributed by atoms with van der Waals surface area (Å²) in [4.78, 5) is 16.2. The van der Waals surface area contributed by atoms with E-state index in [1.165, 1.54) is 6.07 Å². The van der Waals surface area contributed by atoms with Crippen LogP contribution in [0.5, 0.6) is 0 Å². The highest BCUT2D eigenvalue weighted by Gasteiger charge is 2.15. The van der Waals surface area contributed by atoms with Gasteiger partial charge in [0.25, 0.3) is 0 Å². The van der Waals surface area contributed by atoms with Crippen molar-refractivity contribution in [1.29, 1.82) is 0 Å². The lowest BCUT2D eigenvalue weighted by Gasteiger charge is -2.11. The predicted molar refractivity (Wildman–Crippen MR) is 85.2 cm³/mol. The minimum Gasteiger partial charge on any atom is -0.352 e. The fraction of sp³-hybridized carbons (Fsp3) is 0.385. The number of aromatic nitrogens is 2. The number of nitrogens with zero attached hydrogens (tertiary/aromatic N) is 2. The van der Waals surface area contributed by atoms with Crippen LogP contribution in [0.3, 0.4) is 0 Å². The number of hydrogen-bond donors (Lipinski definition) is 1. The van der Waals surface area contributed by atoms with Crippen LogP contribution in [-0.2, 0) is 17.2 Å². The van der Waals surface area contributed by atoms with E-state index < -0.39 is 0 Å². The smallest absolute Gasteiger partial charge is 0.240 e. The molecule has 0 atom stereocenters. The van der Waals surface area contributed by atoms with Crippen molar-refractivity contribution in [2.45, 2.75) is 32.3 Å². The van der Waals surface area contributed by atoms with E-state index >= 15 is 0 Å². The van der Waals surface area contributed by atoms with Gasteiger partial charge in [-0.05, 0) is 42.5 Å². The standard InChI is InChI=1S/C13H14ClFIN3O/c1-7(2)17-13(20)6-19-11-3-8(15)9(16)4-10(11)18-12(19)5-14/h3-4,7H,5-6H2,1-2H3,(H,17,20). The Kier molecular flexibility index (Phi) is 4.85. The van der Waals surface area contributed by atoms with Crippen molar-refractivity contribution in [1.82, 2.24) is 14.9 Å². The molecule has 0 saturated carbocycles. The minimum atomic E-state index is -0.329.